The van der Waals surface area contributed by atoms with Gasteiger partial charge in [0.15, 0.2) is 0 Å². The van der Waals surface area contributed by atoms with Crippen molar-refractivity contribution in [3.05, 3.63) is 57.4 Å². The van der Waals surface area contributed by atoms with E-state index in [1.54, 1.807) is 0 Å². The van der Waals surface area contributed by atoms with Crippen molar-refractivity contribution >= 4 is 22.6 Å². The summed E-state index contributed by atoms with van der Waals surface area (Å²) in [6.07, 6.45) is 0. The zero-order valence-electron chi connectivity index (χ0n) is 10.6. The molecule has 19 heavy (non-hydrogen) atoms. The summed E-state index contributed by atoms with van der Waals surface area (Å²) in [6.45, 7) is 3.50. The van der Waals surface area contributed by atoms with Gasteiger partial charge in [-0.3, -0.25) is 0 Å². The third kappa shape index (κ3) is 4.18. The summed E-state index contributed by atoms with van der Waals surface area (Å²) in [5, 5.41) is 3.17. The Morgan fingerprint density at radius 1 is 1.21 bits per heavy atom. The van der Waals surface area contributed by atoms with E-state index in [2.05, 4.69) is 27.9 Å². The summed E-state index contributed by atoms with van der Waals surface area (Å²) >= 11 is 2.20. The molecule has 0 saturated carbocycles. The van der Waals surface area contributed by atoms with Crippen molar-refractivity contribution < 1.29 is 9.13 Å². The molecule has 0 aliphatic carbocycles. The number of ether oxygens (including phenoxy) is 1. The largest absolute Gasteiger partial charge is 0.456 e. The summed E-state index contributed by atoms with van der Waals surface area (Å²) in [4.78, 5) is 0. The fraction of sp³-hybridized carbons (Fsp3) is 0.200. The summed E-state index contributed by atoms with van der Waals surface area (Å²) in [6, 6.07) is 12.4. The first-order valence-corrected chi connectivity index (χ1v) is 7.19. The molecule has 0 unspecified atom stereocenters. The molecule has 0 atom stereocenters. The molecule has 2 aromatic rings. The first-order valence-electron chi connectivity index (χ1n) is 6.11. The molecule has 0 bridgehead atoms. The van der Waals surface area contributed by atoms with Gasteiger partial charge in [0.2, 0.25) is 0 Å². The monoisotopic (exact) mass is 371 g/mol. The first kappa shape index (κ1) is 14.3. The van der Waals surface area contributed by atoms with Crippen LogP contribution in [0.2, 0.25) is 0 Å². The maximum absolute atomic E-state index is 13.5. The van der Waals surface area contributed by atoms with Gasteiger partial charge in [0.05, 0.1) is 3.57 Å². The molecule has 1 N–H and O–H groups in total. The minimum absolute atomic E-state index is 0.281. The summed E-state index contributed by atoms with van der Waals surface area (Å²) in [5.74, 6) is 0.983. The number of hydrogen-bond donors (Lipinski definition) is 1. The standard InChI is InChI=1S/C15H15FINO/c1-2-18-10-11-7-12(16)9-13(8-11)19-15-6-4-3-5-14(15)17/h3-9,18H,2,10H2,1H3. The van der Waals surface area contributed by atoms with Crippen molar-refractivity contribution in [2.75, 3.05) is 6.54 Å². The molecule has 100 valence electrons. The molecule has 0 fully saturated rings. The molecule has 0 amide bonds. The summed E-state index contributed by atoms with van der Waals surface area (Å²) in [7, 11) is 0. The number of hydrogen-bond acceptors (Lipinski definition) is 2. The second-order valence-corrected chi connectivity index (χ2v) is 5.27. The van der Waals surface area contributed by atoms with Gasteiger partial charge in [0.1, 0.15) is 17.3 Å². The van der Waals surface area contributed by atoms with E-state index in [-0.39, 0.29) is 5.82 Å². The lowest BCUT2D eigenvalue weighted by Gasteiger charge is -2.10. The van der Waals surface area contributed by atoms with E-state index in [9.17, 15) is 4.39 Å². The van der Waals surface area contributed by atoms with Gasteiger partial charge in [-0.05, 0) is 59.0 Å². The van der Waals surface area contributed by atoms with Crippen LogP contribution in [0.1, 0.15) is 12.5 Å². The van der Waals surface area contributed by atoms with Crippen LogP contribution in [0.3, 0.4) is 0 Å². The lowest BCUT2D eigenvalue weighted by atomic mass is 10.2. The van der Waals surface area contributed by atoms with Crippen LogP contribution < -0.4 is 10.1 Å². The number of para-hydroxylation sites is 1. The van der Waals surface area contributed by atoms with Crippen molar-refractivity contribution in [3.8, 4) is 11.5 Å². The smallest absolute Gasteiger partial charge is 0.140 e. The van der Waals surface area contributed by atoms with E-state index in [4.69, 9.17) is 4.74 Å². The normalized spacial score (nSPS) is 10.5. The van der Waals surface area contributed by atoms with Crippen molar-refractivity contribution in [3.63, 3.8) is 0 Å². The minimum atomic E-state index is -0.281. The van der Waals surface area contributed by atoms with Gasteiger partial charge in [-0.15, -0.1) is 0 Å². The van der Waals surface area contributed by atoms with Gasteiger partial charge in [0.25, 0.3) is 0 Å². The molecule has 0 radical (unpaired) electrons. The maximum Gasteiger partial charge on any atom is 0.140 e. The molecule has 0 spiro atoms. The van der Waals surface area contributed by atoms with Crippen LogP contribution >= 0.6 is 22.6 Å². The van der Waals surface area contributed by atoms with Gasteiger partial charge < -0.3 is 10.1 Å². The van der Waals surface area contributed by atoms with Crippen LogP contribution in [0.5, 0.6) is 11.5 Å². The predicted octanol–water partition coefficient (Wildman–Crippen LogP) is 4.33. The highest BCUT2D eigenvalue weighted by Crippen LogP contribution is 2.27. The van der Waals surface area contributed by atoms with E-state index in [0.717, 1.165) is 21.4 Å². The van der Waals surface area contributed by atoms with Gasteiger partial charge >= 0.3 is 0 Å². The third-order valence-electron chi connectivity index (χ3n) is 2.57. The third-order valence-corrected chi connectivity index (χ3v) is 3.47. The zero-order chi connectivity index (χ0) is 13.7. The fourth-order valence-electron chi connectivity index (χ4n) is 1.71. The Hall–Kier alpha value is -1.14. The van der Waals surface area contributed by atoms with Gasteiger partial charge in [-0.1, -0.05) is 19.1 Å². The van der Waals surface area contributed by atoms with Gasteiger partial charge in [0, 0.05) is 12.6 Å². The predicted molar refractivity (Wildman–Crippen MR) is 83.0 cm³/mol. The average Bonchev–Trinajstić information content (AvgIpc) is 2.38. The van der Waals surface area contributed by atoms with Crippen molar-refractivity contribution in [2.45, 2.75) is 13.5 Å². The second-order valence-electron chi connectivity index (χ2n) is 4.11. The van der Waals surface area contributed by atoms with Crippen LogP contribution in [-0.4, -0.2) is 6.54 Å². The lowest BCUT2D eigenvalue weighted by molar-refractivity contribution is 0.472. The van der Waals surface area contributed by atoms with E-state index >= 15 is 0 Å². The Labute approximate surface area is 126 Å². The quantitative estimate of drug-likeness (QED) is 0.790. The highest BCUT2D eigenvalue weighted by Gasteiger charge is 2.05. The summed E-state index contributed by atoms with van der Waals surface area (Å²) in [5.41, 5.74) is 0.878. The van der Waals surface area contributed by atoms with E-state index in [1.807, 2.05) is 37.3 Å². The Morgan fingerprint density at radius 2 is 2.00 bits per heavy atom. The molecule has 0 heterocycles. The molecule has 4 heteroatoms. The molecule has 0 aliphatic rings. The molecule has 2 nitrogen and oxygen atoms in total. The number of rotatable bonds is 5. The molecular weight excluding hydrogens is 356 g/mol. The van der Waals surface area contributed by atoms with E-state index in [1.165, 1.54) is 12.1 Å². The molecule has 0 saturated heterocycles. The lowest BCUT2D eigenvalue weighted by Crippen LogP contribution is -2.11. The number of benzene rings is 2. The number of halogens is 2. The van der Waals surface area contributed by atoms with Crippen LogP contribution in [0.4, 0.5) is 4.39 Å². The molecule has 0 aromatic heterocycles. The SMILES string of the molecule is CCNCc1cc(F)cc(Oc2ccccc2I)c1. The van der Waals surface area contributed by atoms with Crippen molar-refractivity contribution in [1.82, 2.24) is 5.32 Å². The van der Waals surface area contributed by atoms with E-state index < -0.39 is 0 Å². The number of nitrogens with one attached hydrogen (secondary N) is 1. The molecule has 2 rings (SSSR count). The zero-order valence-corrected chi connectivity index (χ0v) is 12.8. The average molecular weight is 371 g/mol. The van der Waals surface area contributed by atoms with Crippen LogP contribution in [-0.2, 0) is 6.54 Å². The molecule has 0 aliphatic heterocycles. The van der Waals surface area contributed by atoms with E-state index in [0.29, 0.717) is 12.3 Å². The highest BCUT2D eigenvalue weighted by molar-refractivity contribution is 14.1. The highest BCUT2D eigenvalue weighted by atomic mass is 127. The Morgan fingerprint density at radius 3 is 2.74 bits per heavy atom. The molecular formula is C15H15FINO. The Balaban J connectivity index is 2.20. The fourth-order valence-corrected chi connectivity index (χ4v) is 2.20. The second kappa shape index (κ2) is 6.86. The minimum Gasteiger partial charge on any atom is -0.456 e. The van der Waals surface area contributed by atoms with Crippen molar-refractivity contribution in [2.24, 2.45) is 0 Å². The Kier molecular flexibility index (Phi) is 5.15. The molecule has 2 aromatic carbocycles. The van der Waals surface area contributed by atoms with Crippen molar-refractivity contribution in [1.29, 1.82) is 0 Å². The van der Waals surface area contributed by atoms with Crippen LogP contribution in [0.15, 0.2) is 42.5 Å². The first-order chi connectivity index (χ1) is 9.19. The van der Waals surface area contributed by atoms with Gasteiger partial charge in [-0.2, -0.15) is 0 Å². The Bertz CT molecular complexity index is 560. The summed E-state index contributed by atoms with van der Waals surface area (Å²) < 4.78 is 20.3. The maximum atomic E-state index is 13.5. The van der Waals surface area contributed by atoms with Crippen LogP contribution in [0, 0.1) is 9.39 Å². The van der Waals surface area contributed by atoms with Crippen LogP contribution in [0.25, 0.3) is 0 Å². The topological polar surface area (TPSA) is 21.3 Å². The van der Waals surface area contributed by atoms with Gasteiger partial charge in [-0.25, -0.2) is 4.39 Å².